The van der Waals surface area contributed by atoms with Crippen LogP contribution in [0.15, 0.2) is 53.4 Å². The van der Waals surface area contributed by atoms with E-state index in [1.165, 1.54) is 12.1 Å². The molecule has 0 fully saturated rings. The Kier molecular flexibility index (Phi) is 6.30. The Bertz CT molecular complexity index is 834. The van der Waals surface area contributed by atoms with E-state index in [1.54, 1.807) is 12.1 Å². The first-order chi connectivity index (χ1) is 12.1. The number of rotatable bonds is 7. The van der Waals surface area contributed by atoms with E-state index in [4.69, 9.17) is 4.18 Å². The van der Waals surface area contributed by atoms with Gasteiger partial charge >= 0.3 is 16.3 Å². The van der Waals surface area contributed by atoms with Crippen molar-refractivity contribution in [2.75, 3.05) is 0 Å². The summed E-state index contributed by atoms with van der Waals surface area (Å²) in [5, 5.41) is 3.30. The van der Waals surface area contributed by atoms with E-state index >= 15 is 0 Å². The average Bonchev–Trinajstić information content (AvgIpc) is 2.60. The molecule has 4 nitrogen and oxygen atoms in total. The summed E-state index contributed by atoms with van der Waals surface area (Å²) in [5.74, 6) is 0.0368. The summed E-state index contributed by atoms with van der Waals surface area (Å²) >= 11 is 0. The molecule has 0 amide bonds. The van der Waals surface area contributed by atoms with Crippen LogP contribution in [0.1, 0.15) is 31.4 Å². The van der Waals surface area contributed by atoms with E-state index in [0.717, 1.165) is 30.2 Å². The molecule has 0 aliphatic rings. The summed E-state index contributed by atoms with van der Waals surface area (Å²) in [5.41, 5.74) is -0.109. The van der Waals surface area contributed by atoms with Gasteiger partial charge in [0.25, 0.3) is 0 Å². The predicted molar refractivity (Wildman–Crippen MR) is 92.3 cm³/mol. The number of halogens is 3. The van der Waals surface area contributed by atoms with E-state index in [1.807, 2.05) is 0 Å². The minimum atomic E-state index is -4.63. The summed E-state index contributed by atoms with van der Waals surface area (Å²) in [6.45, 7) is 4.74. The SMILES string of the molecule is CCC(C)NCc1ccc(OS(=O)(=O)c2cccc(C(F)(F)F)c2)cc1. The quantitative estimate of drug-likeness (QED) is 0.717. The minimum Gasteiger partial charge on any atom is -0.379 e. The zero-order valence-electron chi connectivity index (χ0n) is 14.4. The molecule has 0 spiro atoms. The summed E-state index contributed by atoms with van der Waals surface area (Å²) in [6, 6.07) is 10.2. The Morgan fingerprint density at radius 3 is 2.35 bits per heavy atom. The molecule has 1 atom stereocenters. The lowest BCUT2D eigenvalue weighted by atomic mass is 10.2. The summed E-state index contributed by atoms with van der Waals surface area (Å²) in [4.78, 5) is -0.546. The maximum atomic E-state index is 12.7. The third-order valence-electron chi connectivity index (χ3n) is 3.85. The van der Waals surface area contributed by atoms with Gasteiger partial charge < -0.3 is 9.50 Å². The van der Waals surface area contributed by atoms with E-state index in [9.17, 15) is 21.6 Å². The first kappa shape index (κ1) is 20.3. The fourth-order valence-electron chi connectivity index (χ4n) is 2.10. The highest BCUT2D eigenvalue weighted by Gasteiger charge is 2.32. The second kappa shape index (κ2) is 8.09. The number of alkyl halides is 3. The molecule has 1 unspecified atom stereocenters. The molecule has 1 N–H and O–H groups in total. The van der Waals surface area contributed by atoms with Gasteiger partial charge in [0.15, 0.2) is 0 Å². The molecule has 2 aromatic carbocycles. The minimum absolute atomic E-state index is 0.0368. The Morgan fingerprint density at radius 2 is 1.77 bits per heavy atom. The van der Waals surface area contributed by atoms with Gasteiger partial charge in [0, 0.05) is 12.6 Å². The Labute approximate surface area is 151 Å². The monoisotopic (exact) mass is 387 g/mol. The molecule has 2 rings (SSSR count). The van der Waals surface area contributed by atoms with Gasteiger partial charge in [0.05, 0.1) is 5.56 Å². The molecular weight excluding hydrogens is 367 g/mol. The molecule has 142 valence electrons. The Morgan fingerprint density at radius 1 is 1.12 bits per heavy atom. The largest absolute Gasteiger partial charge is 0.416 e. The van der Waals surface area contributed by atoms with Crippen molar-refractivity contribution in [3.63, 3.8) is 0 Å². The van der Waals surface area contributed by atoms with Gasteiger partial charge in [-0.2, -0.15) is 21.6 Å². The molecule has 8 heteroatoms. The van der Waals surface area contributed by atoms with Crippen LogP contribution in [-0.4, -0.2) is 14.5 Å². The zero-order chi connectivity index (χ0) is 19.4. The van der Waals surface area contributed by atoms with Crippen molar-refractivity contribution in [1.82, 2.24) is 5.32 Å². The first-order valence-electron chi connectivity index (χ1n) is 8.06. The summed E-state index contributed by atoms with van der Waals surface area (Å²) in [6.07, 6.45) is -3.65. The van der Waals surface area contributed by atoms with Crippen molar-refractivity contribution in [3.05, 3.63) is 59.7 Å². The van der Waals surface area contributed by atoms with Crippen molar-refractivity contribution in [1.29, 1.82) is 0 Å². The van der Waals surface area contributed by atoms with Crippen LogP contribution in [0.3, 0.4) is 0 Å². The fourth-order valence-corrected chi connectivity index (χ4v) is 3.08. The van der Waals surface area contributed by atoms with E-state index < -0.39 is 26.8 Å². The molecule has 0 heterocycles. The van der Waals surface area contributed by atoms with Crippen LogP contribution in [0.2, 0.25) is 0 Å². The van der Waals surface area contributed by atoms with Crippen molar-refractivity contribution in [2.45, 2.75) is 43.9 Å². The average molecular weight is 387 g/mol. The maximum absolute atomic E-state index is 12.7. The van der Waals surface area contributed by atoms with Crippen LogP contribution in [-0.2, 0) is 22.8 Å². The van der Waals surface area contributed by atoms with Gasteiger partial charge in [0.1, 0.15) is 10.6 Å². The zero-order valence-corrected chi connectivity index (χ0v) is 15.2. The van der Waals surface area contributed by atoms with Gasteiger partial charge in [-0.25, -0.2) is 0 Å². The van der Waals surface area contributed by atoms with Crippen LogP contribution in [0.4, 0.5) is 13.2 Å². The smallest absolute Gasteiger partial charge is 0.379 e. The van der Waals surface area contributed by atoms with E-state index in [-0.39, 0.29) is 5.75 Å². The molecule has 0 aromatic heterocycles. The van der Waals surface area contributed by atoms with E-state index in [2.05, 4.69) is 19.2 Å². The lowest BCUT2D eigenvalue weighted by Gasteiger charge is -2.12. The molecule has 0 aliphatic heterocycles. The first-order valence-corrected chi connectivity index (χ1v) is 9.46. The van der Waals surface area contributed by atoms with Gasteiger partial charge in [0.2, 0.25) is 0 Å². The Hall–Kier alpha value is -2.06. The van der Waals surface area contributed by atoms with Gasteiger partial charge in [-0.3, -0.25) is 0 Å². The number of hydrogen-bond acceptors (Lipinski definition) is 4. The highest BCUT2D eigenvalue weighted by molar-refractivity contribution is 7.87. The number of hydrogen-bond donors (Lipinski definition) is 1. The molecule has 0 aliphatic carbocycles. The highest BCUT2D eigenvalue weighted by atomic mass is 32.2. The van der Waals surface area contributed by atoms with Crippen molar-refractivity contribution in [2.24, 2.45) is 0 Å². The Balaban J connectivity index is 2.12. The molecule has 26 heavy (non-hydrogen) atoms. The molecule has 0 saturated heterocycles. The molecule has 0 radical (unpaired) electrons. The summed E-state index contributed by atoms with van der Waals surface area (Å²) in [7, 11) is -4.35. The third-order valence-corrected chi connectivity index (χ3v) is 5.09. The van der Waals surface area contributed by atoms with Crippen molar-refractivity contribution >= 4 is 10.1 Å². The maximum Gasteiger partial charge on any atom is 0.416 e. The van der Waals surface area contributed by atoms with Gasteiger partial charge in [-0.1, -0.05) is 25.1 Å². The van der Waals surface area contributed by atoms with E-state index in [0.29, 0.717) is 18.7 Å². The second-order valence-electron chi connectivity index (χ2n) is 5.90. The summed E-state index contributed by atoms with van der Waals surface area (Å²) < 4.78 is 67.6. The van der Waals surface area contributed by atoms with Crippen molar-refractivity contribution < 1.29 is 25.8 Å². The topological polar surface area (TPSA) is 55.4 Å². The number of nitrogens with one attached hydrogen (secondary N) is 1. The standard InChI is InChI=1S/C18H20F3NO3S/c1-3-13(2)22-12-14-7-9-16(10-8-14)25-26(23,24)17-6-4-5-15(11-17)18(19,20)21/h4-11,13,22H,3,12H2,1-2H3. The lowest BCUT2D eigenvalue weighted by molar-refractivity contribution is -0.137. The van der Waals surface area contributed by atoms with Crippen LogP contribution >= 0.6 is 0 Å². The highest BCUT2D eigenvalue weighted by Crippen LogP contribution is 2.31. The van der Waals surface area contributed by atoms with Crippen LogP contribution in [0.25, 0.3) is 0 Å². The molecule has 2 aromatic rings. The van der Waals surface area contributed by atoms with Crippen LogP contribution < -0.4 is 9.50 Å². The lowest BCUT2D eigenvalue weighted by Crippen LogP contribution is -2.24. The van der Waals surface area contributed by atoms with Crippen LogP contribution in [0, 0.1) is 0 Å². The molecule has 0 bridgehead atoms. The van der Waals surface area contributed by atoms with Crippen LogP contribution in [0.5, 0.6) is 5.75 Å². The van der Waals surface area contributed by atoms with Crippen molar-refractivity contribution in [3.8, 4) is 5.75 Å². The molecular formula is C18H20F3NO3S. The predicted octanol–water partition coefficient (Wildman–Crippen LogP) is 4.36. The number of benzene rings is 2. The van der Waals surface area contributed by atoms with Gasteiger partial charge in [-0.05, 0) is 49.2 Å². The second-order valence-corrected chi connectivity index (χ2v) is 7.44. The fraction of sp³-hybridized carbons (Fsp3) is 0.333. The third kappa shape index (κ3) is 5.47. The molecule has 0 saturated carbocycles. The van der Waals surface area contributed by atoms with Gasteiger partial charge in [-0.15, -0.1) is 0 Å². The normalized spacial score (nSPS) is 13.4.